The molecule has 33 heavy (non-hydrogen) atoms. The predicted molar refractivity (Wildman–Crippen MR) is 135 cm³/mol. The average Bonchev–Trinajstić information content (AvgIpc) is 3.17. The lowest BCUT2D eigenvalue weighted by atomic mass is 10.1. The molecule has 1 amide bonds. The zero-order valence-electron chi connectivity index (χ0n) is 19.6. The van der Waals surface area contributed by atoms with Crippen molar-refractivity contribution in [2.45, 2.75) is 52.9 Å². The zero-order chi connectivity index (χ0) is 24.0. The summed E-state index contributed by atoms with van der Waals surface area (Å²) in [5.74, 6) is 2.20. The summed E-state index contributed by atoms with van der Waals surface area (Å²) in [5, 5.41) is 12.2. The second kappa shape index (κ2) is 11.6. The van der Waals surface area contributed by atoms with Crippen LogP contribution in [0.3, 0.4) is 0 Å². The normalized spacial score (nSPS) is 10.8. The van der Waals surface area contributed by atoms with Gasteiger partial charge in [0, 0.05) is 11.0 Å². The molecule has 3 aromatic rings. The Bertz CT molecular complexity index is 1130. The molecule has 0 aliphatic rings. The first-order valence-corrected chi connectivity index (χ1v) is 12.6. The van der Waals surface area contributed by atoms with Gasteiger partial charge in [-0.3, -0.25) is 4.79 Å². The van der Waals surface area contributed by atoms with Crippen LogP contribution in [-0.4, -0.2) is 33.0 Å². The molecule has 1 aromatic heterocycles. The minimum absolute atomic E-state index is 0.103. The average molecular weight is 533 g/mol. The van der Waals surface area contributed by atoms with Crippen molar-refractivity contribution in [2.24, 2.45) is 0 Å². The van der Waals surface area contributed by atoms with Gasteiger partial charge in [-0.05, 0) is 91.5 Å². The highest BCUT2D eigenvalue weighted by molar-refractivity contribution is 9.10. The molecule has 0 atom stereocenters. The van der Waals surface area contributed by atoms with Crippen LogP contribution in [0.15, 0.2) is 40.0 Å². The van der Waals surface area contributed by atoms with Crippen LogP contribution in [-0.2, 0) is 17.9 Å². The molecule has 7 nitrogen and oxygen atoms in total. The van der Waals surface area contributed by atoms with E-state index >= 15 is 0 Å². The van der Waals surface area contributed by atoms with Gasteiger partial charge in [0.25, 0.3) is 0 Å². The molecule has 0 spiro atoms. The Morgan fingerprint density at radius 1 is 1.06 bits per heavy atom. The lowest BCUT2D eigenvalue weighted by Crippen LogP contribution is -2.15. The van der Waals surface area contributed by atoms with Crippen LogP contribution in [0, 0.1) is 20.8 Å². The Labute approximate surface area is 207 Å². The van der Waals surface area contributed by atoms with Crippen molar-refractivity contribution in [1.82, 2.24) is 14.8 Å². The van der Waals surface area contributed by atoms with Gasteiger partial charge in [0.05, 0.1) is 18.0 Å². The van der Waals surface area contributed by atoms with Crippen molar-refractivity contribution in [3.8, 4) is 11.5 Å². The maximum absolute atomic E-state index is 12.5. The molecule has 0 saturated carbocycles. The number of benzene rings is 2. The molecule has 0 fully saturated rings. The molecule has 0 aliphatic carbocycles. The van der Waals surface area contributed by atoms with Gasteiger partial charge in [-0.1, -0.05) is 17.8 Å². The largest absolute Gasteiger partial charge is 0.490 e. The third-order valence-electron chi connectivity index (χ3n) is 5.06. The quantitative estimate of drug-likeness (QED) is 0.337. The number of amides is 1. The first kappa shape index (κ1) is 25.1. The monoisotopic (exact) mass is 532 g/mol. The number of nitrogens with one attached hydrogen (secondary N) is 1. The van der Waals surface area contributed by atoms with E-state index in [0.29, 0.717) is 35.6 Å². The fourth-order valence-corrected chi connectivity index (χ4v) is 4.57. The number of hydrogen-bond acceptors (Lipinski definition) is 6. The molecule has 1 N–H and O–H groups in total. The van der Waals surface area contributed by atoms with Gasteiger partial charge >= 0.3 is 0 Å². The summed E-state index contributed by atoms with van der Waals surface area (Å²) in [6.07, 6.45) is 0. The van der Waals surface area contributed by atoms with E-state index in [2.05, 4.69) is 31.4 Å². The van der Waals surface area contributed by atoms with Crippen LogP contribution in [0.2, 0.25) is 0 Å². The number of thioether (sulfide) groups is 1. The minimum atomic E-state index is -0.103. The topological polar surface area (TPSA) is 78.3 Å². The van der Waals surface area contributed by atoms with Gasteiger partial charge in [0.15, 0.2) is 22.5 Å². The predicted octanol–water partition coefficient (Wildman–Crippen LogP) is 5.69. The van der Waals surface area contributed by atoms with Gasteiger partial charge in [0.1, 0.15) is 6.61 Å². The second-order valence-electron chi connectivity index (χ2n) is 7.57. The van der Waals surface area contributed by atoms with Crippen molar-refractivity contribution >= 4 is 39.3 Å². The Hall–Kier alpha value is -2.52. The fraction of sp³-hybridized carbons (Fsp3) is 0.375. The lowest BCUT2D eigenvalue weighted by Gasteiger charge is -2.13. The molecular formula is C24H29BrN4O3S. The number of ether oxygens (including phenoxy) is 2. The molecule has 9 heteroatoms. The van der Waals surface area contributed by atoms with E-state index in [4.69, 9.17) is 9.47 Å². The van der Waals surface area contributed by atoms with Gasteiger partial charge in [-0.2, -0.15) is 0 Å². The highest BCUT2D eigenvalue weighted by atomic mass is 79.9. The van der Waals surface area contributed by atoms with Crippen LogP contribution in [0.4, 0.5) is 5.69 Å². The maximum Gasteiger partial charge on any atom is 0.234 e. The molecule has 0 unspecified atom stereocenters. The van der Waals surface area contributed by atoms with Crippen LogP contribution < -0.4 is 14.8 Å². The number of hydrogen-bond donors (Lipinski definition) is 1. The number of nitrogens with zero attached hydrogens (tertiary/aromatic N) is 3. The van der Waals surface area contributed by atoms with E-state index in [1.54, 1.807) is 0 Å². The molecule has 0 radical (unpaired) electrons. The zero-order valence-corrected chi connectivity index (χ0v) is 22.0. The van der Waals surface area contributed by atoms with E-state index in [1.165, 1.54) is 17.3 Å². The maximum atomic E-state index is 12.5. The smallest absolute Gasteiger partial charge is 0.234 e. The van der Waals surface area contributed by atoms with Crippen molar-refractivity contribution < 1.29 is 14.3 Å². The Balaban J connectivity index is 1.63. The summed E-state index contributed by atoms with van der Waals surface area (Å²) in [6.45, 7) is 11.5. The molecule has 0 bridgehead atoms. The number of carbonyl (C=O) groups is 1. The Kier molecular flexibility index (Phi) is 8.80. The van der Waals surface area contributed by atoms with E-state index < -0.39 is 0 Å². The molecule has 2 aromatic carbocycles. The molecule has 1 heterocycles. The van der Waals surface area contributed by atoms with Crippen molar-refractivity contribution in [3.63, 3.8) is 0 Å². The lowest BCUT2D eigenvalue weighted by molar-refractivity contribution is -0.113. The van der Waals surface area contributed by atoms with Crippen molar-refractivity contribution in [1.29, 1.82) is 0 Å². The first-order valence-electron chi connectivity index (χ1n) is 10.8. The van der Waals surface area contributed by atoms with Crippen molar-refractivity contribution in [2.75, 3.05) is 17.7 Å². The number of aromatic nitrogens is 3. The van der Waals surface area contributed by atoms with Crippen LogP contribution in [0.1, 0.15) is 36.4 Å². The third-order valence-corrected chi connectivity index (χ3v) is 6.68. The first-order chi connectivity index (χ1) is 15.8. The number of halogens is 1. The van der Waals surface area contributed by atoms with Crippen molar-refractivity contribution in [3.05, 3.63) is 57.3 Å². The number of aryl methyl sites for hydroxylation is 3. The molecule has 0 aliphatic heterocycles. The van der Waals surface area contributed by atoms with Crippen LogP contribution in [0.25, 0.3) is 0 Å². The SMILES string of the molecule is CCOc1cc(C)ccc1OCc1nnc(SCC(=O)Nc2cc(C)c(C)cc2Br)n1CC. The van der Waals surface area contributed by atoms with E-state index in [1.807, 2.05) is 69.5 Å². The molecular weight excluding hydrogens is 504 g/mol. The third kappa shape index (κ3) is 6.51. The fourth-order valence-electron chi connectivity index (χ4n) is 3.19. The van der Waals surface area contributed by atoms with Crippen LogP contribution >= 0.6 is 27.7 Å². The number of carbonyl (C=O) groups excluding carboxylic acids is 1. The summed E-state index contributed by atoms with van der Waals surface area (Å²) >= 11 is 4.87. The van der Waals surface area contributed by atoms with Crippen LogP contribution in [0.5, 0.6) is 11.5 Å². The summed E-state index contributed by atoms with van der Waals surface area (Å²) in [5.41, 5.74) is 4.15. The summed E-state index contributed by atoms with van der Waals surface area (Å²) in [7, 11) is 0. The second-order valence-corrected chi connectivity index (χ2v) is 9.36. The van der Waals surface area contributed by atoms with E-state index in [-0.39, 0.29) is 18.3 Å². The summed E-state index contributed by atoms with van der Waals surface area (Å²) in [6, 6.07) is 9.81. The van der Waals surface area contributed by atoms with Gasteiger partial charge in [-0.25, -0.2) is 0 Å². The highest BCUT2D eigenvalue weighted by Crippen LogP contribution is 2.30. The Morgan fingerprint density at radius 3 is 2.55 bits per heavy atom. The standard InChI is InChI=1S/C24H29BrN4O3S/c1-6-29-22(13-32-20-9-8-15(3)10-21(20)31-7-2)27-28-24(29)33-14-23(30)26-19-12-17(5)16(4)11-18(19)25/h8-12H,6-7,13-14H2,1-5H3,(H,26,30). The highest BCUT2D eigenvalue weighted by Gasteiger charge is 2.15. The summed E-state index contributed by atoms with van der Waals surface area (Å²) < 4.78 is 14.5. The van der Waals surface area contributed by atoms with Gasteiger partial charge < -0.3 is 19.4 Å². The van der Waals surface area contributed by atoms with E-state index in [9.17, 15) is 4.79 Å². The Morgan fingerprint density at radius 2 is 1.82 bits per heavy atom. The minimum Gasteiger partial charge on any atom is -0.490 e. The van der Waals surface area contributed by atoms with Gasteiger partial charge in [0.2, 0.25) is 5.91 Å². The van der Waals surface area contributed by atoms with E-state index in [0.717, 1.165) is 21.3 Å². The summed E-state index contributed by atoms with van der Waals surface area (Å²) in [4.78, 5) is 12.5. The number of rotatable bonds is 10. The van der Waals surface area contributed by atoms with Gasteiger partial charge in [-0.15, -0.1) is 10.2 Å². The molecule has 176 valence electrons. The molecule has 3 rings (SSSR count). The molecule has 0 saturated heterocycles. The number of anilines is 1.